The molecule has 44 heavy (non-hydrogen) atoms. The van der Waals surface area contributed by atoms with Crippen molar-refractivity contribution in [3.05, 3.63) is 83.4 Å². The lowest BCUT2D eigenvalue weighted by Crippen LogP contribution is -2.32. The Kier molecular flexibility index (Phi) is 6.79. The molecule has 1 aliphatic rings. The summed E-state index contributed by atoms with van der Waals surface area (Å²) in [7, 11) is 0. The maximum absolute atomic E-state index is 12.0. The lowest BCUT2D eigenvalue weighted by atomic mass is 10.0. The number of rotatable bonds is 5. The third kappa shape index (κ3) is 5.59. The molecule has 0 saturated heterocycles. The van der Waals surface area contributed by atoms with Gasteiger partial charge in [0, 0.05) is 27.9 Å². The van der Waals surface area contributed by atoms with Gasteiger partial charge >= 0.3 is 6.09 Å². The maximum atomic E-state index is 12.0. The molecule has 3 atom stereocenters. The molecule has 8 heteroatoms. The quantitative estimate of drug-likeness (QED) is 0.165. The highest BCUT2D eigenvalue weighted by Gasteiger charge is 2.42. The van der Waals surface area contributed by atoms with E-state index in [2.05, 4.69) is 94.8 Å². The van der Waals surface area contributed by atoms with Crippen LogP contribution in [0.2, 0.25) is 0 Å². The summed E-state index contributed by atoms with van der Waals surface area (Å²) in [4.78, 5) is 28.5. The molecule has 6 aromatic rings. The number of imidazole rings is 2. The van der Waals surface area contributed by atoms with Gasteiger partial charge in [-0.2, -0.15) is 0 Å². The van der Waals surface area contributed by atoms with Gasteiger partial charge in [0.05, 0.1) is 35.2 Å². The molecular weight excluding hydrogens is 548 g/mol. The highest BCUT2D eigenvalue weighted by atomic mass is 16.6. The first-order valence-corrected chi connectivity index (χ1v) is 15.2. The first kappa shape index (κ1) is 27.9. The SMILES string of the molecule is CC1C(NCc2nc3c(ccc4cc(C#Cc5ccc6c(ccc7[nH]c(CNC(=O)OC(C)(C)C)nc76)c5)ccc43)[nH]2)[C@@H]1C. The Hall–Kier alpha value is -4.87. The first-order chi connectivity index (χ1) is 21.1. The van der Waals surface area contributed by atoms with Crippen LogP contribution in [-0.2, 0) is 17.8 Å². The summed E-state index contributed by atoms with van der Waals surface area (Å²) in [5.74, 6) is 9.78. The van der Waals surface area contributed by atoms with Crippen LogP contribution in [0.4, 0.5) is 4.79 Å². The number of carbonyl (C=O) groups is 1. The smallest absolute Gasteiger partial charge is 0.408 e. The highest BCUT2D eigenvalue weighted by Crippen LogP contribution is 2.37. The van der Waals surface area contributed by atoms with Crippen LogP contribution < -0.4 is 10.6 Å². The van der Waals surface area contributed by atoms with Crippen LogP contribution in [0.1, 0.15) is 57.4 Å². The first-order valence-electron chi connectivity index (χ1n) is 15.2. The minimum absolute atomic E-state index is 0.254. The summed E-state index contributed by atoms with van der Waals surface area (Å²) >= 11 is 0. The summed E-state index contributed by atoms with van der Waals surface area (Å²) in [5.41, 5.74) is 5.16. The monoisotopic (exact) mass is 584 g/mol. The molecule has 0 spiro atoms. The van der Waals surface area contributed by atoms with Crippen molar-refractivity contribution in [3.63, 3.8) is 0 Å². The normalized spacial score (nSPS) is 18.1. The molecule has 2 unspecified atom stereocenters. The second kappa shape index (κ2) is 10.7. The molecular formula is C36H36N6O2. The van der Waals surface area contributed by atoms with Crippen LogP contribution in [0, 0.1) is 23.7 Å². The topological polar surface area (TPSA) is 108 Å². The Bertz CT molecular complexity index is 2120. The van der Waals surface area contributed by atoms with Gasteiger partial charge in [-0.15, -0.1) is 0 Å². The number of ether oxygens (including phenoxy) is 1. The molecule has 4 N–H and O–H groups in total. The molecule has 0 aliphatic heterocycles. The van der Waals surface area contributed by atoms with E-state index < -0.39 is 11.7 Å². The van der Waals surface area contributed by atoms with E-state index in [4.69, 9.17) is 14.7 Å². The van der Waals surface area contributed by atoms with Crippen molar-refractivity contribution in [3.8, 4) is 11.8 Å². The lowest BCUT2D eigenvalue weighted by Gasteiger charge is -2.19. The number of aromatic amines is 2. The zero-order valence-corrected chi connectivity index (χ0v) is 25.6. The van der Waals surface area contributed by atoms with E-state index in [0.29, 0.717) is 11.9 Å². The minimum atomic E-state index is -0.551. The summed E-state index contributed by atoms with van der Waals surface area (Å²) < 4.78 is 5.32. The van der Waals surface area contributed by atoms with Gasteiger partial charge in [-0.05, 0) is 79.8 Å². The van der Waals surface area contributed by atoms with Crippen molar-refractivity contribution >= 4 is 49.7 Å². The number of benzene rings is 4. The van der Waals surface area contributed by atoms with Crippen LogP contribution in [0.3, 0.4) is 0 Å². The fourth-order valence-corrected chi connectivity index (χ4v) is 5.89. The highest BCUT2D eigenvalue weighted by molar-refractivity contribution is 6.05. The summed E-state index contributed by atoms with van der Waals surface area (Å²) in [6.45, 7) is 11.1. The molecule has 0 bridgehead atoms. The van der Waals surface area contributed by atoms with Gasteiger partial charge in [0.1, 0.15) is 17.2 Å². The molecule has 1 aliphatic carbocycles. The number of amides is 1. The number of H-pyrrole nitrogens is 2. The predicted molar refractivity (Wildman–Crippen MR) is 175 cm³/mol. The van der Waals surface area contributed by atoms with E-state index in [-0.39, 0.29) is 6.54 Å². The number of carbonyl (C=O) groups excluding carboxylic acids is 1. The third-order valence-electron chi connectivity index (χ3n) is 8.51. The van der Waals surface area contributed by atoms with E-state index in [9.17, 15) is 4.79 Å². The Morgan fingerprint density at radius 3 is 1.82 bits per heavy atom. The Labute approximate surface area is 256 Å². The minimum Gasteiger partial charge on any atom is -0.444 e. The average Bonchev–Trinajstić information content (AvgIpc) is 3.34. The number of aromatic nitrogens is 4. The molecule has 1 saturated carbocycles. The summed E-state index contributed by atoms with van der Waals surface area (Å²) in [6, 6.07) is 21.4. The van der Waals surface area contributed by atoms with E-state index in [1.807, 2.05) is 32.9 Å². The van der Waals surface area contributed by atoms with Gasteiger partial charge in [0.25, 0.3) is 0 Å². The standard InChI is InChI=1S/C36H36N6O2/c1-20-21(2)32(20)37-18-30-39-28-14-10-24-16-22(8-12-26(24)33(28)41-30)6-7-23-9-13-27-25(17-23)11-15-29-34(27)42-31(40-29)19-38-35(43)44-36(3,4)5/h8-17,20-21,32,37H,18-19H2,1-5H3,(H,38,43)(H,39,41)(H,40,42)/t20-,21?,32?/m1/s1. The number of hydrogen-bond acceptors (Lipinski definition) is 5. The number of nitrogens with one attached hydrogen (secondary N) is 4. The average molecular weight is 585 g/mol. The molecule has 222 valence electrons. The molecule has 0 radical (unpaired) electrons. The van der Waals surface area contributed by atoms with Crippen LogP contribution in [0.5, 0.6) is 0 Å². The lowest BCUT2D eigenvalue weighted by molar-refractivity contribution is 0.0522. The number of hydrogen-bond donors (Lipinski definition) is 4. The Morgan fingerprint density at radius 1 is 0.795 bits per heavy atom. The van der Waals surface area contributed by atoms with Crippen molar-refractivity contribution in [1.82, 2.24) is 30.6 Å². The van der Waals surface area contributed by atoms with Crippen LogP contribution >= 0.6 is 0 Å². The summed E-state index contributed by atoms with van der Waals surface area (Å²) in [5, 5.41) is 10.7. The van der Waals surface area contributed by atoms with E-state index in [1.165, 1.54) is 0 Å². The third-order valence-corrected chi connectivity index (χ3v) is 8.51. The largest absolute Gasteiger partial charge is 0.444 e. The van der Waals surface area contributed by atoms with Crippen LogP contribution in [0.25, 0.3) is 43.6 Å². The van der Waals surface area contributed by atoms with Gasteiger partial charge in [-0.25, -0.2) is 14.8 Å². The van der Waals surface area contributed by atoms with Crippen molar-refractivity contribution in [2.75, 3.05) is 0 Å². The Morgan fingerprint density at radius 2 is 1.32 bits per heavy atom. The second-order valence-electron chi connectivity index (χ2n) is 12.9. The zero-order valence-electron chi connectivity index (χ0n) is 25.6. The maximum Gasteiger partial charge on any atom is 0.408 e. The van der Waals surface area contributed by atoms with Gasteiger partial charge in [-0.1, -0.05) is 50.0 Å². The molecule has 2 aromatic heterocycles. The van der Waals surface area contributed by atoms with Crippen molar-refractivity contribution < 1.29 is 9.53 Å². The zero-order chi connectivity index (χ0) is 30.6. The van der Waals surface area contributed by atoms with Crippen molar-refractivity contribution in [2.45, 2.75) is 59.4 Å². The second-order valence-corrected chi connectivity index (χ2v) is 12.9. The van der Waals surface area contributed by atoms with Gasteiger partial charge in [-0.3, -0.25) is 0 Å². The summed E-state index contributed by atoms with van der Waals surface area (Å²) in [6.07, 6.45) is -0.470. The molecule has 1 fully saturated rings. The Balaban J connectivity index is 1.08. The predicted octanol–water partition coefficient (Wildman–Crippen LogP) is 6.91. The number of fused-ring (bicyclic) bond motifs is 6. The molecule has 8 nitrogen and oxygen atoms in total. The van der Waals surface area contributed by atoms with E-state index >= 15 is 0 Å². The molecule has 4 aromatic carbocycles. The van der Waals surface area contributed by atoms with E-state index in [0.717, 1.165) is 78.9 Å². The van der Waals surface area contributed by atoms with E-state index in [1.54, 1.807) is 0 Å². The van der Waals surface area contributed by atoms with Crippen molar-refractivity contribution in [2.24, 2.45) is 11.8 Å². The van der Waals surface area contributed by atoms with Gasteiger partial charge in [0.15, 0.2) is 0 Å². The fraction of sp³-hybridized carbons (Fsp3) is 0.306. The number of alkyl carbamates (subject to hydrolysis) is 1. The van der Waals surface area contributed by atoms with Gasteiger partial charge in [0.2, 0.25) is 0 Å². The fourth-order valence-electron chi connectivity index (χ4n) is 5.89. The molecule has 7 rings (SSSR count). The van der Waals surface area contributed by atoms with Crippen LogP contribution in [0.15, 0.2) is 60.7 Å². The molecule has 1 amide bonds. The van der Waals surface area contributed by atoms with Crippen LogP contribution in [-0.4, -0.2) is 37.7 Å². The van der Waals surface area contributed by atoms with Crippen molar-refractivity contribution in [1.29, 1.82) is 0 Å². The molecule has 2 heterocycles. The number of nitrogens with zero attached hydrogens (tertiary/aromatic N) is 2. The van der Waals surface area contributed by atoms with Gasteiger partial charge < -0.3 is 25.3 Å².